The molecule has 1 saturated heterocycles. The van der Waals surface area contributed by atoms with E-state index in [1.165, 1.54) is 0 Å². The molecule has 1 aromatic carbocycles. The van der Waals surface area contributed by atoms with E-state index in [9.17, 15) is 4.79 Å². The molecule has 0 N–H and O–H groups in total. The predicted molar refractivity (Wildman–Crippen MR) is 92.7 cm³/mol. The van der Waals surface area contributed by atoms with Crippen LogP contribution in [0.1, 0.15) is 0 Å². The van der Waals surface area contributed by atoms with E-state index in [2.05, 4.69) is 14.8 Å². The average Bonchev–Trinajstić information content (AvgIpc) is 2.63. The maximum Gasteiger partial charge on any atom is 0.240 e. The molecule has 0 spiro atoms. The van der Waals surface area contributed by atoms with Crippen LogP contribution in [0.2, 0.25) is 0 Å². The number of anilines is 2. The van der Waals surface area contributed by atoms with Crippen molar-refractivity contribution in [1.29, 1.82) is 0 Å². The van der Waals surface area contributed by atoms with Crippen LogP contribution >= 0.6 is 0 Å². The first-order valence-electron chi connectivity index (χ1n) is 7.94. The first-order valence-corrected chi connectivity index (χ1v) is 7.94. The van der Waals surface area contributed by atoms with Crippen LogP contribution in [0.15, 0.2) is 54.7 Å². The van der Waals surface area contributed by atoms with E-state index in [1.54, 1.807) is 4.90 Å². The average molecular weight is 310 g/mol. The molecule has 3 rings (SSSR count). The van der Waals surface area contributed by atoms with Gasteiger partial charge in [-0.15, -0.1) is 0 Å². The standard InChI is InChI=1S/C18H22N4O/c1-20(16-7-3-2-4-8-16)18(23)15-21-11-13-22(14-12-21)17-9-5-6-10-19-17/h2-10H,11-15H2,1H3. The van der Waals surface area contributed by atoms with Crippen LogP contribution in [0.25, 0.3) is 0 Å². The molecule has 0 bridgehead atoms. The second-order valence-electron chi connectivity index (χ2n) is 5.74. The second-order valence-corrected chi connectivity index (χ2v) is 5.74. The SMILES string of the molecule is CN(C(=O)CN1CCN(c2ccccn2)CC1)c1ccccc1. The number of hydrogen-bond donors (Lipinski definition) is 0. The van der Waals surface area contributed by atoms with Gasteiger partial charge >= 0.3 is 0 Å². The van der Waals surface area contributed by atoms with E-state index < -0.39 is 0 Å². The molecule has 120 valence electrons. The van der Waals surface area contributed by atoms with Gasteiger partial charge in [0.25, 0.3) is 0 Å². The molecule has 1 aliphatic heterocycles. The number of para-hydroxylation sites is 1. The van der Waals surface area contributed by atoms with Gasteiger partial charge in [-0.3, -0.25) is 9.69 Å². The smallest absolute Gasteiger partial charge is 0.240 e. The van der Waals surface area contributed by atoms with Crippen LogP contribution in [0.4, 0.5) is 11.5 Å². The van der Waals surface area contributed by atoms with Crippen LogP contribution < -0.4 is 9.80 Å². The molecule has 1 aromatic heterocycles. The first kappa shape index (κ1) is 15.5. The number of rotatable bonds is 4. The molecule has 1 amide bonds. The fraction of sp³-hybridized carbons (Fsp3) is 0.333. The Morgan fingerprint density at radius 1 is 1.04 bits per heavy atom. The third-order valence-corrected chi connectivity index (χ3v) is 4.22. The Bertz CT molecular complexity index is 624. The number of carbonyl (C=O) groups excluding carboxylic acids is 1. The minimum atomic E-state index is 0.127. The number of carbonyl (C=O) groups is 1. The summed E-state index contributed by atoms with van der Waals surface area (Å²) >= 11 is 0. The zero-order valence-corrected chi connectivity index (χ0v) is 13.4. The normalized spacial score (nSPS) is 15.4. The lowest BCUT2D eigenvalue weighted by Crippen LogP contribution is -2.50. The van der Waals surface area contributed by atoms with Gasteiger partial charge in [0, 0.05) is 45.1 Å². The van der Waals surface area contributed by atoms with E-state index in [-0.39, 0.29) is 5.91 Å². The van der Waals surface area contributed by atoms with Crippen molar-refractivity contribution in [1.82, 2.24) is 9.88 Å². The van der Waals surface area contributed by atoms with Crippen molar-refractivity contribution >= 4 is 17.4 Å². The van der Waals surface area contributed by atoms with E-state index in [0.717, 1.165) is 37.7 Å². The monoisotopic (exact) mass is 310 g/mol. The molecule has 0 atom stereocenters. The van der Waals surface area contributed by atoms with Gasteiger partial charge in [-0.2, -0.15) is 0 Å². The number of hydrogen-bond acceptors (Lipinski definition) is 4. The molecule has 0 aliphatic carbocycles. The van der Waals surface area contributed by atoms with Crippen molar-refractivity contribution in [3.8, 4) is 0 Å². The minimum Gasteiger partial charge on any atom is -0.354 e. The highest BCUT2D eigenvalue weighted by Crippen LogP contribution is 2.14. The maximum atomic E-state index is 12.4. The van der Waals surface area contributed by atoms with Crippen LogP contribution in [0, 0.1) is 0 Å². The summed E-state index contributed by atoms with van der Waals surface area (Å²) < 4.78 is 0. The van der Waals surface area contributed by atoms with Gasteiger partial charge in [-0.05, 0) is 24.3 Å². The molecular weight excluding hydrogens is 288 g/mol. The lowest BCUT2D eigenvalue weighted by Gasteiger charge is -2.35. The highest BCUT2D eigenvalue weighted by atomic mass is 16.2. The molecule has 0 radical (unpaired) electrons. The van der Waals surface area contributed by atoms with Gasteiger partial charge < -0.3 is 9.80 Å². The molecule has 0 saturated carbocycles. The number of pyridine rings is 1. The lowest BCUT2D eigenvalue weighted by molar-refractivity contribution is -0.119. The Morgan fingerprint density at radius 2 is 1.74 bits per heavy atom. The van der Waals surface area contributed by atoms with Crippen molar-refractivity contribution < 1.29 is 4.79 Å². The number of amides is 1. The Hall–Kier alpha value is -2.40. The molecule has 5 heteroatoms. The van der Waals surface area contributed by atoms with E-state index in [0.29, 0.717) is 6.54 Å². The van der Waals surface area contributed by atoms with Crippen LogP contribution in [0.3, 0.4) is 0 Å². The maximum absolute atomic E-state index is 12.4. The van der Waals surface area contributed by atoms with Crippen molar-refractivity contribution in [3.63, 3.8) is 0 Å². The van der Waals surface area contributed by atoms with Gasteiger partial charge in [0.1, 0.15) is 5.82 Å². The van der Waals surface area contributed by atoms with Gasteiger partial charge in [-0.25, -0.2) is 4.98 Å². The van der Waals surface area contributed by atoms with Gasteiger partial charge in [0.2, 0.25) is 5.91 Å². The Labute approximate surface area is 137 Å². The van der Waals surface area contributed by atoms with E-state index in [1.807, 2.05) is 61.8 Å². The number of benzene rings is 1. The topological polar surface area (TPSA) is 39.7 Å². The largest absolute Gasteiger partial charge is 0.354 e. The zero-order valence-electron chi connectivity index (χ0n) is 13.4. The summed E-state index contributed by atoms with van der Waals surface area (Å²) in [5.41, 5.74) is 0.935. The number of nitrogens with zero attached hydrogens (tertiary/aromatic N) is 4. The fourth-order valence-corrected chi connectivity index (χ4v) is 2.77. The Morgan fingerprint density at radius 3 is 2.39 bits per heavy atom. The van der Waals surface area contributed by atoms with E-state index >= 15 is 0 Å². The van der Waals surface area contributed by atoms with Gasteiger partial charge in [0.05, 0.1) is 6.54 Å². The van der Waals surface area contributed by atoms with Crippen molar-refractivity contribution in [2.24, 2.45) is 0 Å². The number of likely N-dealkylation sites (N-methyl/N-ethyl adjacent to an activating group) is 1. The minimum absolute atomic E-state index is 0.127. The van der Waals surface area contributed by atoms with Crippen molar-refractivity contribution in [3.05, 3.63) is 54.7 Å². The lowest BCUT2D eigenvalue weighted by atomic mass is 10.2. The molecule has 0 unspecified atom stereocenters. The van der Waals surface area contributed by atoms with Crippen LogP contribution in [-0.4, -0.2) is 55.6 Å². The molecule has 1 fully saturated rings. The highest BCUT2D eigenvalue weighted by Gasteiger charge is 2.21. The fourth-order valence-electron chi connectivity index (χ4n) is 2.77. The van der Waals surface area contributed by atoms with Gasteiger partial charge in [-0.1, -0.05) is 24.3 Å². The summed E-state index contributed by atoms with van der Waals surface area (Å²) in [6.07, 6.45) is 1.82. The molecule has 23 heavy (non-hydrogen) atoms. The zero-order chi connectivity index (χ0) is 16.1. The Balaban J connectivity index is 1.52. The summed E-state index contributed by atoms with van der Waals surface area (Å²) in [4.78, 5) is 23.0. The van der Waals surface area contributed by atoms with Crippen molar-refractivity contribution in [2.75, 3.05) is 49.6 Å². The van der Waals surface area contributed by atoms with Crippen molar-refractivity contribution in [2.45, 2.75) is 0 Å². The summed E-state index contributed by atoms with van der Waals surface area (Å²) in [7, 11) is 1.84. The predicted octanol–water partition coefficient (Wildman–Crippen LogP) is 1.87. The summed E-state index contributed by atoms with van der Waals surface area (Å²) in [6, 6.07) is 15.7. The van der Waals surface area contributed by atoms with Crippen LogP contribution in [0.5, 0.6) is 0 Å². The van der Waals surface area contributed by atoms with E-state index in [4.69, 9.17) is 0 Å². The second kappa shape index (κ2) is 7.24. The molecule has 2 heterocycles. The third-order valence-electron chi connectivity index (χ3n) is 4.22. The molecule has 5 nitrogen and oxygen atoms in total. The molecular formula is C18H22N4O. The summed E-state index contributed by atoms with van der Waals surface area (Å²) in [6.45, 7) is 4.02. The molecule has 2 aromatic rings. The molecule has 1 aliphatic rings. The summed E-state index contributed by atoms with van der Waals surface area (Å²) in [5, 5.41) is 0. The number of aromatic nitrogens is 1. The highest BCUT2D eigenvalue weighted by molar-refractivity contribution is 5.94. The van der Waals surface area contributed by atoms with Gasteiger partial charge in [0.15, 0.2) is 0 Å². The first-order chi connectivity index (χ1) is 11.2. The quantitative estimate of drug-likeness (QED) is 0.864. The summed E-state index contributed by atoms with van der Waals surface area (Å²) in [5.74, 6) is 1.14. The third kappa shape index (κ3) is 3.87. The number of piperazine rings is 1. The van der Waals surface area contributed by atoms with Crippen LogP contribution in [-0.2, 0) is 4.79 Å². The Kier molecular flexibility index (Phi) is 4.88.